The van der Waals surface area contributed by atoms with Crippen LogP contribution in [-0.2, 0) is 11.3 Å². The fourth-order valence-corrected chi connectivity index (χ4v) is 2.80. The average Bonchev–Trinajstić information content (AvgIpc) is 3.16. The van der Waals surface area contributed by atoms with Crippen LogP contribution in [0, 0.1) is 0 Å². The average molecular weight is 262 g/mol. The van der Waals surface area contributed by atoms with Crippen molar-refractivity contribution < 1.29 is 4.79 Å². The summed E-state index contributed by atoms with van der Waals surface area (Å²) in [5, 5.41) is 3.61. The molecule has 0 unspecified atom stereocenters. The zero-order valence-corrected chi connectivity index (χ0v) is 11.5. The van der Waals surface area contributed by atoms with E-state index in [2.05, 4.69) is 14.9 Å². The highest BCUT2D eigenvalue weighted by molar-refractivity contribution is 5.73. The predicted octanol–water partition coefficient (Wildman–Crippen LogP) is 1.32. The van der Waals surface area contributed by atoms with Crippen molar-refractivity contribution in [2.24, 2.45) is 0 Å². The molecular formula is C14H22N4O. The van der Waals surface area contributed by atoms with Gasteiger partial charge in [-0.2, -0.15) is 0 Å². The Morgan fingerprint density at radius 1 is 1.37 bits per heavy atom. The molecule has 1 aliphatic carbocycles. The molecule has 1 amide bonds. The van der Waals surface area contributed by atoms with Gasteiger partial charge >= 0.3 is 0 Å². The molecule has 1 saturated heterocycles. The second kappa shape index (κ2) is 5.33. The largest absolute Gasteiger partial charge is 0.343 e. The van der Waals surface area contributed by atoms with E-state index >= 15 is 0 Å². The standard InChI is InChI=1S/C14H22N4O/c1-11(19)17-6-4-12(5-7-17)16-9-14-8-15-10-18(14)13-2-3-13/h8,10,12-13,16H,2-7,9H2,1H3. The highest BCUT2D eigenvalue weighted by Gasteiger charge is 2.25. The molecular weight excluding hydrogens is 240 g/mol. The zero-order valence-electron chi connectivity index (χ0n) is 11.5. The Balaban J connectivity index is 1.48. The molecule has 2 fully saturated rings. The molecule has 0 spiro atoms. The van der Waals surface area contributed by atoms with E-state index in [1.165, 1.54) is 18.5 Å². The van der Waals surface area contributed by atoms with Gasteiger partial charge in [0.15, 0.2) is 0 Å². The number of imidazole rings is 1. The minimum absolute atomic E-state index is 0.199. The van der Waals surface area contributed by atoms with Crippen molar-refractivity contribution in [1.29, 1.82) is 0 Å². The van der Waals surface area contributed by atoms with E-state index in [1.54, 1.807) is 6.92 Å². The third-order valence-electron chi connectivity index (χ3n) is 4.20. The second-order valence-corrected chi connectivity index (χ2v) is 5.68. The molecule has 19 heavy (non-hydrogen) atoms. The predicted molar refractivity (Wildman–Crippen MR) is 72.6 cm³/mol. The minimum atomic E-state index is 0.199. The van der Waals surface area contributed by atoms with Crippen molar-refractivity contribution in [2.75, 3.05) is 13.1 Å². The molecule has 1 aliphatic heterocycles. The molecule has 3 rings (SSSR count). The van der Waals surface area contributed by atoms with Crippen molar-refractivity contribution >= 4 is 5.91 Å². The van der Waals surface area contributed by atoms with Crippen LogP contribution in [0.5, 0.6) is 0 Å². The smallest absolute Gasteiger partial charge is 0.219 e. The third kappa shape index (κ3) is 2.97. The summed E-state index contributed by atoms with van der Waals surface area (Å²) in [6.45, 7) is 4.31. The van der Waals surface area contributed by atoms with Gasteiger partial charge in [-0.15, -0.1) is 0 Å². The van der Waals surface area contributed by atoms with Crippen LogP contribution < -0.4 is 5.32 Å². The Morgan fingerprint density at radius 3 is 2.74 bits per heavy atom. The summed E-state index contributed by atoms with van der Waals surface area (Å²) >= 11 is 0. The van der Waals surface area contributed by atoms with Crippen LogP contribution in [0.4, 0.5) is 0 Å². The van der Waals surface area contributed by atoms with Crippen molar-refractivity contribution in [1.82, 2.24) is 19.8 Å². The van der Waals surface area contributed by atoms with Gasteiger partial charge in [0, 0.05) is 44.8 Å². The van der Waals surface area contributed by atoms with Crippen molar-refractivity contribution in [2.45, 2.75) is 51.2 Å². The van der Waals surface area contributed by atoms with Gasteiger partial charge in [-0.05, 0) is 25.7 Å². The molecule has 104 valence electrons. The number of aromatic nitrogens is 2. The first-order chi connectivity index (χ1) is 9.24. The van der Waals surface area contributed by atoms with Crippen molar-refractivity contribution in [3.63, 3.8) is 0 Å². The summed E-state index contributed by atoms with van der Waals surface area (Å²) < 4.78 is 2.30. The van der Waals surface area contributed by atoms with Crippen LogP contribution >= 0.6 is 0 Å². The topological polar surface area (TPSA) is 50.2 Å². The van der Waals surface area contributed by atoms with Gasteiger partial charge in [-0.25, -0.2) is 4.98 Å². The monoisotopic (exact) mass is 262 g/mol. The van der Waals surface area contributed by atoms with Crippen LogP contribution in [0.1, 0.15) is 44.3 Å². The molecule has 0 atom stereocenters. The number of amides is 1. The van der Waals surface area contributed by atoms with E-state index in [0.29, 0.717) is 12.1 Å². The first-order valence-corrected chi connectivity index (χ1v) is 7.23. The number of nitrogens with one attached hydrogen (secondary N) is 1. The summed E-state index contributed by atoms with van der Waals surface area (Å²) in [5.74, 6) is 0.199. The zero-order chi connectivity index (χ0) is 13.2. The van der Waals surface area contributed by atoms with E-state index in [-0.39, 0.29) is 5.91 Å². The number of carbonyl (C=O) groups excluding carboxylic acids is 1. The van der Waals surface area contributed by atoms with Gasteiger partial charge in [0.2, 0.25) is 5.91 Å². The Hall–Kier alpha value is -1.36. The highest BCUT2D eigenvalue weighted by atomic mass is 16.2. The third-order valence-corrected chi connectivity index (χ3v) is 4.20. The van der Waals surface area contributed by atoms with Gasteiger partial charge in [0.05, 0.1) is 12.0 Å². The maximum absolute atomic E-state index is 11.3. The summed E-state index contributed by atoms with van der Waals surface area (Å²) in [6, 6.07) is 1.22. The second-order valence-electron chi connectivity index (χ2n) is 5.68. The van der Waals surface area contributed by atoms with E-state index in [9.17, 15) is 4.79 Å². The van der Waals surface area contributed by atoms with E-state index in [4.69, 9.17) is 0 Å². The summed E-state index contributed by atoms with van der Waals surface area (Å²) in [4.78, 5) is 17.5. The number of carbonyl (C=O) groups is 1. The Kier molecular flexibility index (Phi) is 3.55. The molecule has 1 N–H and O–H groups in total. The van der Waals surface area contributed by atoms with Gasteiger partial charge < -0.3 is 14.8 Å². The fourth-order valence-electron chi connectivity index (χ4n) is 2.80. The van der Waals surface area contributed by atoms with Crippen LogP contribution in [0.25, 0.3) is 0 Å². The number of piperidine rings is 1. The molecule has 5 heteroatoms. The number of hydrogen-bond acceptors (Lipinski definition) is 3. The Labute approximate surface area is 114 Å². The molecule has 0 aromatic carbocycles. The first kappa shape index (κ1) is 12.7. The molecule has 1 saturated carbocycles. The van der Waals surface area contributed by atoms with Gasteiger partial charge in [0.1, 0.15) is 0 Å². The lowest BCUT2D eigenvalue weighted by atomic mass is 10.1. The van der Waals surface area contributed by atoms with E-state index < -0.39 is 0 Å². The summed E-state index contributed by atoms with van der Waals surface area (Å²) in [7, 11) is 0. The number of hydrogen-bond donors (Lipinski definition) is 1. The van der Waals surface area contributed by atoms with Crippen LogP contribution in [0.2, 0.25) is 0 Å². The number of nitrogens with zero attached hydrogens (tertiary/aromatic N) is 3. The molecule has 0 radical (unpaired) electrons. The van der Waals surface area contributed by atoms with Crippen molar-refractivity contribution in [3.8, 4) is 0 Å². The lowest BCUT2D eigenvalue weighted by Crippen LogP contribution is -2.44. The Morgan fingerprint density at radius 2 is 2.11 bits per heavy atom. The quantitative estimate of drug-likeness (QED) is 0.890. The van der Waals surface area contributed by atoms with E-state index in [0.717, 1.165) is 32.5 Å². The molecule has 5 nitrogen and oxygen atoms in total. The van der Waals surface area contributed by atoms with Gasteiger partial charge in [-0.1, -0.05) is 0 Å². The van der Waals surface area contributed by atoms with Crippen molar-refractivity contribution in [3.05, 3.63) is 18.2 Å². The van der Waals surface area contributed by atoms with Crippen LogP contribution in [0.3, 0.4) is 0 Å². The summed E-state index contributed by atoms with van der Waals surface area (Å²) in [6.07, 6.45) is 8.61. The molecule has 0 bridgehead atoms. The van der Waals surface area contributed by atoms with Crippen LogP contribution in [-0.4, -0.2) is 39.5 Å². The number of likely N-dealkylation sites (tertiary alicyclic amines) is 1. The Bertz CT molecular complexity index is 444. The summed E-state index contributed by atoms with van der Waals surface area (Å²) in [5.41, 5.74) is 1.29. The maximum Gasteiger partial charge on any atom is 0.219 e. The lowest BCUT2D eigenvalue weighted by molar-refractivity contribution is -0.129. The SMILES string of the molecule is CC(=O)N1CCC(NCc2cncn2C2CC2)CC1. The normalized spacial score (nSPS) is 20.8. The molecule has 2 aliphatic rings. The number of rotatable bonds is 4. The maximum atomic E-state index is 11.3. The highest BCUT2D eigenvalue weighted by Crippen LogP contribution is 2.35. The minimum Gasteiger partial charge on any atom is -0.343 e. The lowest BCUT2D eigenvalue weighted by Gasteiger charge is -2.31. The molecule has 2 heterocycles. The molecule has 1 aromatic heterocycles. The van der Waals surface area contributed by atoms with Gasteiger partial charge in [0.25, 0.3) is 0 Å². The first-order valence-electron chi connectivity index (χ1n) is 7.23. The van der Waals surface area contributed by atoms with E-state index in [1.807, 2.05) is 17.4 Å². The molecule has 1 aromatic rings. The fraction of sp³-hybridized carbons (Fsp3) is 0.714. The van der Waals surface area contributed by atoms with Gasteiger partial charge in [-0.3, -0.25) is 4.79 Å². The van der Waals surface area contributed by atoms with Crippen LogP contribution in [0.15, 0.2) is 12.5 Å².